The predicted molar refractivity (Wildman–Crippen MR) is 78.4 cm³/mol. The average molecular weight is 286 g/mol. The van der Waals surface area contributed by atoms with Crippen molar-refractivity contribution in [3.05, 3.63) is 29.8 Å². The molecule has 1 aromatic rings. The number of benzene rings is 1. The largest absolute Gasteiger partial charge is 0.543 e. The van der Waals surface area contributed by atoms with E-state index < -0.39 is 8.32 Å². The molecule has 0 heterocycles. The highest BCUT2D eigenvalue weighted by atomic mass is 35.5. The number of oxime groups is 1. The fourth-order valence-electron chi connectivity index (χ4n) is 1.21. The van der Waals surface area contributed by atoms with Crippen molar-refractivity contribution in [1.29, 1.82) is 0 Å². The maximum Gasteiger partial charge on any atom is 0.250 e. The monoisotopic (exact) mass is 285 g/mol. The molecule has 18 heavy (non-hydrogen) atoms. The van der Waals surface area contributed by atoms with Crippen LogP contribution in [0.15, 0.2) is 29.4 Å². The van der Waals surface area contributed by atoms with E-state index in [9.17, 15) is 0 Å². The second kappa shape index (κ2) is 5.32. The van der Waals surface area contributed by atoms with Crippen LogP contribution in [0, 0.1) is 0 Å². The van der Waals surface area contributed by atoms with Crippen molar-refractivity contribution < 1.29 is 9.63 Å². The van der Waals surface area contributed by atoms with Gasteiger partial charge in [0.15, 0.2) is 5.17 Å². The van der Waals surface area contributed by atoms with Crippen molar-refractivity contribution in [1.82, 2.24) is 0 Å². The highest BCUT2D eigenvalue weighted by Crippen LogP contribution is 2.38. The maximum atomic E-state index is 8.78. The Hall–Kier alpha value is -1.00. The van der Waals surface area contributed by atoms with Crippen LogP contribution in [0.1, 0.15) is 26.3 Å². The van der Waals surface area contributed by atoms with Crippen LogP contribution in [0.25, 0.3) is 0 Å². The molecule has 0 radical (unpaired) electrons. The summed E-state index contributed by atoms with van der Waals surface area (Å²) in [6.07, 6.45) is 0. The zero-order chi connectivity index (χ0) is 14.0. The smallest absolute Gasteiger partial charge is 0.250 e. The molecule has 1 N–H and O–H groups in total. The number of nitrogens with zero attached hydrogens (tertiary/aromatic N) is 1. The molecule has 0 amide bonds. The third-order valence-electron chi connectivity index (χ3n) is 3.37. The van der Waals surface area contributed by atoms with Gasteiger partial charge in [0.25, 0.3) is 8.32 Å². The Bertz CT molecular complexity index is 453. The molecule has 5 heteroatoms. The van der Waals surface area contributed by atoms with E-state index in [2.05, 4.69) is 39.0 Å². The van der Waals surface area contributed by atoms with Gasteiger partial charge in [-0.15, -0.1) is 0 Å². The lowest BCUT2D eigenvalue weighted by Gasteiger charge is -2.36. The van der Waals surface area contributed by atoms with Gasteiger partial charge in [0.1, 0.15) is 5.75 Å². The molecule has 0 spiro atoms. The van der Waals surface area contributed by atoms with E-state index in [0.717, 1.165) is 0 Å². The van der Waals surface area contributed by atoms with Gasteiger partial charge in [-0.3, -0.25) is 0 Å². The van der Waals surface area contributed by atoms with E-state index in [0.29, 0.717) is 11.3 Å². The normalized spacial score (nSPS) is 13.6. The number of halogens is 1. The second-order valence-corrected chi connectivity index (χ2v) is 10.8. The summed E-state index contributed by atoms with van der Waals surface area (Å²) in [5.41, 5.74) is 0.617. The SMILES string of the molecule is CC(C)(C)[Si](C)(C)Oc1ccccc1/C(Cl)=N/O. The standard InChI is InChI=1S/C13H20ClNO2Si/c1-13(2,3)18(4,5)17-11-9-7-6-8-10(11)12(14)15-16/h6-9,16H,1-5H3/b15-12-. The van der Waals surface area contributed by atoms with E-state index in [4.69, 9.17) is 21.2 Å². The van der Waals surface area contributed by atoms with Gasteiger partial charge in [-0.25, -0.2) is 0 Å². The summed E-state index contributed by atoms with van der Waals surface area (Å²) in [7, 11) is -1.93. The van der Waals surface area contributed by atoms with Crippen molar-refractivity contribution in [2.45, 2.75) is 38.9 Å². The third-order valence-corrected chi connectivity index (χ3v) is 7.99. The van der Waals surface area contributed by atoms with Gasteiger partial charge >= 0.3 is 0 Å². The number of hydrogen-bond acceptors (Lipinski definition) is 3. The summed E-state index contributed by atoms with van der Waals surface area (Å²) in [6, 6.07) is 7.35. The highest BCUT2D eigenvalue weighted by molar-refractivity contribution is 6.75. The molecule has 0 aliphatic rings. The van der Waals surface area contributed by atoms with Crippen molar-refractivity contribution >= 4 is 25.1 Å². The minimum atomic E-state index is -1.93. The first kappa shape index (κ1) is 15.1. The van der Waals surface area contributed by atoms with Crippen LogP contribution in [0.3, 0.4) is 0 Å². The third kappa shape index (κ3) is 3.27. The Morgan fingerprint density at radius 3 is 2.33 bits per heavy atom. The summed E-state index contributed by atoms with van der Waals surface area (Å²) in [5, 5.41) is 12.0. The molecule has 0 atom stereocenters. The van der Waals surface area contributed by atoms with Gasteiger partial charge in [-0.1, -0.05) is 49.7 Å². The molecule has 0 aliphatic carbocycles. The Balaban J connectivity index is 3.13. The Kier molecular flexibility index (Phi) is 4.45. The topological polar surface area (TPSA) is 41.8 Å². The van der Waals surface area contributed by atoms with E-state index >= 15 is 0 Å². The number of para-hydroxylation sites is 1. The lowest BCUT2D eigenvalue weighted by Crippen LogP contribution is -2.44. The van der Waals surface area contributed by atoms with Crippen molar-refractivity contribution in [2.75, 3.05) is 0 Å². The summed E-state index contributed by atoms with van der Waals surface area (Å²) in [6.45, 7) is 10.8. The van der Waals surface area contributed by atoms with E-state index in [-0.39, 0.29) is 10.2 Å². The van der Waals surface area contributed by atoms with Crippen LogP contribution in [-0.2, 0) is 0 Å². The summed E-state index contributed by atoms with van der Waals surface area (Å²) in [4.78, 5) is 0. The molecule has 100 valence electrons. The fraction of sp³-hybridized carbons (Fsp3) is 0.462. The first-order valence-corrected chi connectivity index (χ1v) is 9.13. The van der Waals surface area contributed by atoms with Gasteiger partial charge in [-0.05, 0) is 30.3 Å². The summed E-state index contributed by atoms with van der Waals surface area (Å²) in [5.74, 6) is 0.673. The van der Waals surface area contributed by atoms with Gasteiger partial charge in [0, 0.05) is 0 Å². The number of hydrogen-bond donors (Lipinski definition) is 1. The molecule has 0 fully saturated rings. The molecule has 0 saturated carbocycles. The van der Waals surface area contributed by atoms with E-state index in [1.807, 2.05) is 18.2 Å². The van der Waals surface area contributed by atoms with Crippen LogP contribution in [0.5, 0.6) is 5.75 Å². The van der Waals surface area contributed by atoms with Crippen LogP contribution in [0.2, 0.25) is 18.1 Å². The fourth-order valence-corrected chi connectivity index (χ4v) is 2.40. The molecule has 0 bridgehead atoms. The zero-order valence-electron chi connectivity index (χ0n) is 11.5. The number of rotatable bonds is 3. The first-order chi connectivity index (χ1) is 8.19. The summed E-state index contributed by atoms with van der Waals surface area (Å²) < 4.78 is 6.18. The molecule has 1 rings (SSSR count). The molecular formula is C13H20ClNO2Si. The predicted octanol–water partition coefficient (Wildman–Crippen LogP) is 4.45. The maximum absolute atomic E-state index is 8.78. The molecule has 3 nitrogen and oxygen atoms in total. The molecule has 0 aliphatic heterocycles. The highest BCUT2D eigenvalue weighted by Gasteiger charge is 2.39. The van der Waals surface area contributed by atoms with Crippen molar-refractivity contribution in [3.63, 3.8) is 0 Å². The van der Waals surface area contributed by atoms with Gasteiger partial charge < -0.3 is 9.63 Å². The van der Waals surface area contributed by atoms with E-state index in [1.165, 1.54) is 0 Å². The molecule has 0 aromatic heterocycles. The molecule has 0 saturated heterocycles. The van der Waals surface area contributed by atoms with Crippen LogP contribution >= 0.6 is 11.6 Å². The quantitative estimate of drug-likeness (QED) is 0.386. The Morgan fingerprint density at radius 1 is 1.28 bits per heavy atom. The Labute approximate surface area is 115 Å². The van der Waals surface area contributed by atoms with Crippen molar-refractivity contribution in [3.8, 4) is 5.75 Å². The molecule has 0 unspecified atom stereocenters. The second-order valence-electron chi connectivity index (χ2n) is 5.75. The zero-order valence-corrected chi connectivity index (χ0v) is 13.2. The first-order valence-electron chi connectivity index (χ1n) is 5.85. The van der Waals surface area contributed by atoms with Gasteiger partial charge in [-0.2, -0.15) is 0 Å². The average Bonchev–Trinajstić information content (AvgIpc) is 2.26. The summed E-state index contributed by atoms with van der Waals surface area (Å²) >= 11 is 5.87. The van der Waals surface area contributed by atoms with Crippen LogP contribution in [-0.4, -0.2) is 18.7 Å². The molecule has 1 aromatic carbocycles. The van der Waals surface area contributed by atoms with E-state index in [1.54, 1.807) is 6.07 Å². The minimum absolute atomic E-state index is 0.0457. The minimum Gasteiger partial charge on any atom is -0.543 e. The van der Waals surface area contributed by atoms with Crippen LogP contribution < -0.4 is 4.43 Å². The lowest BCUT2D eigenvalue weighted by atomic mass is 10.2. The van der Waals surface area contributed by atoms with Gasteiger partial charge in [0.2, 0.25) is 0 Å². The van der Waals surface area contributed by atoms with Gasteiger partial charge in [0.05, 0.1) is 5.56 Å². The Morgan fingerprint density at radius 2 is 1.83 bits per heavy atom. The molecular weight excluding hydrogens is 266 g/mol. The van der Waals surface area contributed by atoms with Crippen molar-refractivity contribution in [2.24, 2.45) is 5.16 Å². The lowest BCUT2D eigenvalue weighted by molar-refractivity contribution is 0.320. The van der Waals surface area contributed by atoms with Crippen LogP contribution in [0.4, 0.5) is 0 Å².